The zero-order chi connectivity index (χ0) is 12.8. The first-order chi connectivity index (χ1) is 8.81. The van der Waals surface area contributed by atoms with Gasteiger partial charge < -0.3 is 5.32 Å². The number of hydrogen-bond donors (Lipinski definition) is 1. The van der Waals surface area contributed by atoms with Crippen molar-refractivity contribution in [2.45, 2.75) is 50.2 Å². The molecule has 0 bridgehead atoms. The van der Waals surface area contributed by atoms with Crippen molar-refractivity contribution in [2.75, 3.05) is 12.3 Å². The Labute approximate surface area is 113 Å². The van der Waals surface area contributed by atoms with E-state index < -0.39 is 0 Å². The molecular weight excluding hydrogens is 246 g/mol. The van der Waals surface area contributed by atoms with Gasteiger partial charge in [0.25, 0.3) is 0 Å². The molecule has 1 aliphatic carbocycles. The maximum Gasteiger partial charge on any atom is 0.209 e. The number of aryl methyl sites for hydroxylation is 1. The molecule has 1 aliphatic rings. The van der Waals surface area contributed by atoms with Crippen LogP contribution in [0.1, 0.15) is 39.0 Å². The fraction of sp³-hybridized carbons (Fsp3) is 0.917. The van der Waals surface area contributed by atoms with Crippen LogP contribution in [0.3, 0.4) is 0 Å². The minimum Gasteiger partial charge on any atom is -0.314 e. The molecule has 1 heterocycles. The summed E-state index contributed by atoms with van der Waals surface area (Å²) >= 11 is 1.77. The Morgan fingerprint density at radius 1 is 1.44 bits per heavy atom. The van der Waals surface area contributed by atoms with Gasteiger partial charge in [0, 0.05) is 18.8 Å². The average Bonchev–Trinajstić information content (AvgIpc) is 2.97. The number of rotatable bonds is 7. The molecule has 18 heavy (non-hydrogen) atoms. The normalized spacial score (nSPS) is 23.7. The van der Waals surface area contributed by atoms with Gasteiger partial charge in [-0.25, -0.2) is 4.68 Å². The fourth-order valence-corrected chi connectivity index (χ4v) is 3.55. The van der Waals surface area contributed by atoms with Gasteiger partial charge in [0.2, 0.25) is 5.16 Å². The second kappa shape index (κ2) is 7.09. The van der Waals surface area contributed by atoms with E-state index in [2.05, 4.69) is 27.8 Å². The highest BCUT2D eigenvalue weighted by Crippen LogP contribution is 2.30. The highest BCUT2D eigenvalue weighted by molar-refractivity contribution is 7.99. The molecule has 0 spiro atoms. The third-order valence-electron chi connectivity index (χ3n) is 3.62. The molecule has 1 fully saturated rings. The zero-order valence-electron chi connectivity index (χ0n) is 11.3. The van der Waals surface area contributed by atoms with Crippen LogP contribution in [0.15, 0.2) is 5.16 Å². The molecule has 2 atom stereocenters. The minimum absolute atomic E-state index is 0.739. The number of aromatic nitrogens is 4. The summed E-state index contributed by atoms with van der Waals surface area (Å²) in [7, 11) is 1.89. The lowest BCUT2D eigenvalue weighted by molar-refractivity contribution is 0.393. The molecule has 0 aliphatic heterocycles. The molecular formula is C12H23N5S. The van der Waals surface area contributed by atoms with Crippen molar-refractivity contribution < 1.29 is 0 Å². The number of nitrogens with zero attached hydrogens (tertiary/aromatic N) is 4. The monoisotopic (exact) mass is 269 g/mol. The van der Waals surface area contributed by atoms with Crippen LogP contribution < -0.4 is 5.32 Å². The predicted octanol–water partition coefficient (Wildman–Crippen LogP) is 1.86. The average molecular weight is 269 g/mol. The fourth-order valence-electron chi connectivity index (χ4n) is 2.63. The highest BCUT2D eigenvalue weighted by Gasteiger charge is 2.26. The van der Waals surface area contributed by atoms with E-state index in [0.717, 1.165) is 29.4 Å². The first-order valence-corrected chi connectivity index (χ1v) is 7.88. The van der Waals surface area contributed by atoms with Crippen LogP contribution >= 0.6 is 11.8 Å². The van der Waals surface area contributed by atoms with Crippen molar-refractivity contribution in [1.29, 1.82) is 0 Å². The molecule has 2 unspecified atom stereocenters. The Bertz CT molecular complexity index is 354. The van der Waals surface area contributed by atoms with Crippen LogP contribution in [0.5, 0.6) is 0 Å². The summed E-state index contributed by atoms with van der Waals surface area (Å²) < 4.78 is 1.74. The molecule has 2 rings (SSSR count). The van der Waals surface area contributed by atoms with E-state index in [1.807, 2.05) is 7.05 Å². The smallest absolute Gasteiger partial charge is 0.209 e. The van der Waals surface area contributed by atoms with Crippen LogP contribution in [-0.4, -0.2) is 38.5 Å². The molecule has 0 saturated heterocycles. The van der Waals surface area contributed by atoms with E-state index in [1.54, 1.807) is 16.4 Å². The number of hydrogen-bond acceptors (Lipinski definition) is 5. The summed E-state index contributed by atoms with van der Waals surface area (Å²) in [6, 6.07) is 0.739. The number of tetrazole rings is 1. The molecule has 1 aromatic heterocycles. The maximum atomic E-state index is 4.00. The highest BCUT2D eigenvalue weighted by atomic mass is 32.2. The van der Waals surface area contributed by atoms with Crippen molar-refractivity contribution in [2.24, 2.45) is 13.0 Å². The minimum atomic E-state index is 0.739. The summed E-state index contributed by atoms with van der Waals surface area (Å²) in [5.74, 6) is 1.95. The Balaban J connectivity index is 1.71. The molecule has 1 N–H and O–H groups in total. The van der Waals surface area contributed by atoms with Crippen LogP contribution in [0.2, 0.25) is 0 Å². The van der Waals surface area contributed by atoms with E-state index in [4.69, 9.17) is 0 Å². The predicted molar refractivity (Wildman–Crippen MR) is 73.6 cm³/mol. The SMILES string of the molecule is CCCNC1CCCC1CCSc1nnnn1C. The van der Waals surface area contributed by atoms with Crippen LogP contribution in [0.4, 0.5) is 0 Å². The van der Waals surface area contributed by atoms with Gasteiger partial charge in [-0.05, 0) is 48.6 Å². The van der Waals surface area contributed by atoms with Gasteiger partial charge in [-0.1, -0.05) is 25.1 Å². The lowest BCUT2D eigenvalue weighted by Crippen LogP contribution is -2.33. The Morgan fingerprint density at radius 3 is 3.06 bits per heavy atom. The summed E-state index contributed by atoms with van der Waals surface area (Å²) in [5.41, 5.74) is 0. The number of nitrogens with one attached hydrogen (secondary N) is 1. The first-order valence-electron chi connectivity index (χ1n) is 6.89. The quantitative estimate of drug-likeness (QED) is 0.766. The van der Waals surface area contributed by atoms with Crippen LogP contribution in [0.25, 0.3) is 0 Å². The van der Waals surface area contributed by atoms with Gasteiger partial charge in [0.15, 0.2) is 0 Å². The molecule has 0 amide bonds. The van der Waals surface area contributed by atoms with E-state index in [-0.39, 0.29) is 0 Å². The van der Waals surface area contributed by atoms with Crippen molar-refractivity contribution in [1.82, 2.24) is 25.5 Å². The van der Waals surface area contributed by atoms with Gasteiger partial charge in [-0.3, -0.25) is 0 Å². The third kappa shape index (κ3) is 3.68. The maximum absolute atomic E-state index is 4.00. The van der Waals surface area contributed by atoms with Gasteiger partial charge in [0.1, 0.15) is 0 Å². The standard InChI is InChI=1S/C12H23N5S/c1-3-8-13-11-6-4-5-10(11)7-9-18-12-14-15-16-17(12)2/h10-11,13H,3-9H2,1-2H3. The molecule has 1 aromatic rings. The molecule has 0 aromatic carbocycles. The molecule has 5 nitrogen and oxygen atoms in total. The molecule has 0 radical (unpaired) electrons. The molecule has 6 heteroatoms. The van der Waals surface area contributed by atoms with Crippen molar-refractivity contribution in [3.8, 4) is 0 Å². The lowest BCUT2D eigenvalue weighted by Gasteiger charge is -2.20. The summed E-state index contributed by atoms with van der Waals surface area (Å²) in [6.07, 6.45) is 6.59. The Hall–Kier alpha value is -0.620. The summed E-state index contributed by atoms with van der Waals surface area (Å²) in [4.78, 5) is 0. The second-order valence-electron chi connectivity index (χ2n) is 4.97. The van der Waals surface area contributed by atoms with E-state index >= 15 is 0 Å². The van der Waals surface area contributed by atoms with E-state index in [0.29, 0.717) is 0 Å². The first kappa shape index (κ1) is 13.8. The van der Waals surface area contributed by atoms with Crippen LogP contribution in [0, 0.1) is 5.92 Å². The van der Waals surface area contributed by atoms with Crippen LogP contribution in [-0.2, 0) is 7.05 Å². The molecule has 1 saturated carbocycles. The zero-order valence-corrected chi connectivity index (χ0v) is 12.1. The molecule has 102 valence electrons. The van der Waals surface area contributed by atoms with Gasteiger partial charge in [-0.2, -0.15) is 0 Å². The second-order valence-corrected chi connectivity index (χ2v) is 6.04. The van der Waals surface area contributed by atoms with Crippen molar-refractivity contribution >= 4 is 11.8 Å². The number of thioether (sulfide) groups is 1. The van der Waals surface area contributed by atoms with E-state index in [1.165, 1.54) is 32.1 Å². The Morgan fingerprint density at radius 2 is 2.33 bits per heavy atom. The summed E-state index contributed by atoms with van der Waals surface area (Å²) in [5, 5.41) is 16.1. The lowest BCUT2D eigenvalue weighted by atomic mass is 10.0. The topological polar surface area (TPSA) is 55.6 Å². The van der Waals surface area contributed by atoms with Gasteiger partial charge in [-0.15, -0.1) is 5.10 Å². The largest absolute Gasteiger partial charge is 0.314 e. The van der Waals surface area contributed by atoms with Crippen molar-refractivity contribution in [3.63, 3.8) is 0 Å². The van der Waals surface area contributed by atoms with Crippen molar-refractivity contribution in [3.05, 3.63) is 0 Å². The third-order valence-corrected chi connectivity index (χ3v) is 4.66. The van der Waals surface area contributed by atoms with E-state index in [9.17, 15) is 0 Å². The Kier molecular flexibility index (Phi) is 5.44. The van der Waals surface area contributed by atoms with Gasteiger partial charge >= 0.3 is 0 Å². The van der Waals surface area contributed by atoms with Gasteiger partial charge in [0.05, 0.1) is 0 Å². The summed E-state index contributed by atoms with van der Waals surface area (Å²) in [6.45, 7) is 3.38.